The summed E-state index contributed by atoms with van der Waals surface area (Å²) in [5.74, 6) is 0.653. The van der Waals surface area contributed by atoms with Gasteiger partial charge in [-0.3, -0.25) is 4.90 Å². The van der Waals surface area contributed by atoms with Crippen molar-refractivity contribution in [3.8, 4) is 5.75 Å². The zero-order valence-electron chi connectivity index (χ0n) is 17.1. The van der Waals surface area contributed by atoms with E-state index in [1.807, 2.05) is 30.3 Å². The van der Waals surface area contributed by atoms with Crippen LogP contribution in [0.15, 0.2) is 48.5 Å². The molecule has 0 bridgehead atoms. The fourth-order valence-corrected chi connectivity index (χ4v) is 3.63. The average molecular weight is 387 g/mol. The van der Waals surface area contributed by atoms with Crippen molar-refractivity contribution >= 4 is 5.69 Å². The number of aliphatic hydroxyl groups excluding tert-OH is 1. The van der Waals surface area contributed by atoms with Gasteiger partial charge in [0.2, 0.25) is 0 Å². The first-order valence-corrected chi connectivity index (χ1v) is 9.97. The highest BCUT2D eigenvalue weighted by atomic mass is 19.1. The van der Waals surface area contributed by atoms with E-state index in [-0.39, 0.29) is 17.8 Å². The lowest BCUT2D eigenvalue weighted by Crippen LogP contribution is -2.49. The average Bonchev–Trinajstić information content (AvgIpc) is 2.67. The zero-order chi connectivity index (χ0) is 20.1. The van der Waals surface area contributed by atoms with E-state index >= 15 is 0 Å². The molecule has 0 saturated carbocycles. The predicted molar refractivity (Wildman–Crippen MR) is 112 cm³/mol. The molecule has 0 amide bonds. The Labute approximate surface area is 167 Å². The SMILES string of the molecule is CC(C)(C)c1ccccc1OC[C@@H](O)CN1CCN(c2ccccc2F)CC1. The van der Waals surface area contributed by atoms with Gasteiger partial charge in [-0.15, -0.1) is 0 Å². The molecule has 1 fully saturated rings. The Kier molecular flexibility index (Phi) is 6.57. The van der Waals surface area contributed by atoms with E-state index in [2.05, 4.69) is 36.6 Å². The molecule has 0 radical (unpaired) electrons. The van der Waals surface area contributed by atoms with E-state index < -0.39 is 6.10 Å². The maximum absolute atomic E-state index is 13.9. The molecule has 1 N–H and O–H groups in total. The quantitative estimate of drug-likeness (QED) is 0.822. The maximum Gasteiger partial charge on any atom is 0.146 e. The number of rotatable bonds is 6. The third-order valence-electron chi connectivity index (χ3n) is 5.16. The summed E-state index contributed by atoms with van der Waals surface area (Å²) in [7, 11) is 0. The van der Waals surface area contributed by atoms with Gasteiger partial charge in [-0.25, -0.2) is 4.39 Å². The van der Waals surface area contributed by atoms with Crippen molar-refractivity contribution in [3.05, 3.63) is 59.9 Å². The summed E-state index contributed by atoms with van der Waals surface area (Å²) in [6, 6.07) is 14.9. The van der Waals surface area contributed by atoms with Crippen molar-refractivity contribution in [1.29, 1.82) is 0 Å². The van der Waals surface area contributed by atoms with Gasteiger partial charge < -0.3 is 14.7 Å². The van der Waals surface area contributed by atoms with Gasteiger partial charge in [0.05, 0.1) is 5.69 Å². The molecular weight excluding hydrogens is 355 g/mol. The van der Waals surface area contributed by atoms with Crippen LogP contribution < -0.4 is 9.64 Å². The van der Waals surface area contributed by atoms with Crippen LogP contribution in [0.4, 0.5) is 10.1 Å². The highest BCUT2D eigenvalue weighted by Crippen LogP contribution is 2.31. The van der Waals surface area contributed by atoms with Gasteiger partial charge in [-0.1, -0.05) is 51.1 Å². The summed E-state index contributed by atoms with van der Waals surface area (Å²) in [5, 5.41) is 10.4. The molecule has 4 nitrogen and oxygen atoms in total. The second-order valence-corrected chi connectivity index (χ2v) is 8.45. The van der Waals surface area contributed by atoms with E-state index in [9.17, 15) is 9.50 Å². The Morgan fingerprint density at radius 1 is 1.00 bits per heavy atom. The molecule has 1 atom stereocenters. The van der Waals surface area contributed by atoms with Crippen LogP contribution in [-0.2, 0) is 5.41 Å². The highest BCUT2D eigenvalue weighted by Gasteiger charge is 2.22. The van der Waals surface area contributed by atoms with Crippen LogP contribution >= 0.6 is 0 Å². The normalized spacial score (nSPS) is 16.8. The zero-order valence-corrected chi connectivity index (χ0v) is 17.1. The second-order valence-electron chi connectivity index (χ2n) is 8.45. The van der Waals surface area contributed by atoms with Crippen molar-refractivity contribution in [1.82, 2.24) is 4.90 Å². The molecule has 1 aliphatic heterocycles. The molecule has 0 spiro atoms. The highest BCUT2D eigenvalue weighted by molar-refractivity contribution is 5.48. The van der Waals surface area contributed by atoms with Gasteiger partial charge in [0.1, 0.15) is 24.3 Å². The lowest BCUT2D eigenvalue weighted by molar-refractivity contribution is 0.0656. The monoisotopic (exact) mass is 386 g/mol. The first-order chi connectivity index (χ1) is 13.3. The van der Waals surface area contributed by atoms with E-state index in [4.69, 9.17) is 4.74 Å². The number of anilines is 1. The third kappa shape index (κ3) is 5.24. The van der Waals surface area contributed by atoms with Gasteiger partial charge in [0.25, 0.3) is 0 Å². The minimum Gasteiger partial charge on any atom is -0.491 e. The van der Waals surface area contributed by atoms with Crippen molar-refractivity contribution in [2.24, 2.45) is 0 Å². The molecule has 28 heavy (non-hydrogen) atoms. The van der Waals surface area contributed by atoms with Crippen LogP contribution in [0.3, 0.4) is 0 Å². The van der Waals surface area contributed by atoms with E-state index in [1.165, 1.54) is 6.07 Å². The number of piperazine rings is 1. The Bertz CT molecular complexity index is 767. The van der Waals surface area contributed by atoms with Crippen LogP contribution in [0.25, 0.3) is 0 Å². The smallest absolute Gasteiger partial charge is 0.146 e. The van der Waals surface area contributed by atoms with Crippen LogP contribution in [-0.4, -0.2) is 55.4 Å². The van der Waals surface area contributed by atoms with Crippen LogP contribution in [0.5, 0.6) is 5.75 Å². The molecule has 5 heteroatoms. The van der Waals surface area contributed by atoms with E-state index in [0.29, 0.717) is 12.2 Å². The fourth-order valence-electron chi connectivity index (χ4n) is 3.63. The molecule has 0 unspecified atom stereocenters. The minimum atomic E-state index is -0.562. The molecule has 3 rings (SSSR count). The van der Waals surface area contributed by atoms with Crippen molar-refractivity contribution < 1.29 is 14.2 Å². The predicted octanol–water partition coefficient (Wildman–Crippen LogP) is 3.69. The van der Waals surface area contributed by atoms with Crippen LogP contribution in [0.1, 0.15) is 26.3 Å². The van der Waals surface area contributed by atoms with Gasteiger partial charge >= 0.3 is 0 Å². The third-order valence-corrected chi connectivity index (χ3v) is 5.16. The summed E-state index contributed by atoms with van der Waals surface area (Å²) in [6.45, 7) is 10.4. The Hall–Kier alpha value is -2.11. The summed E-state index contributed by atoms with van der Waals surface area (Å²) in [6.07, 6.45) is -0.562. The topological polar surface area (TPSA) is 35.9 Å². The summed E-state index contributed by atoms with van der Waals surface area (Å²) in [4.78, 5) is 4.27. The Morgan fingerprint density at radius 2 is 1.64 bits per heavy atom. The Morgan fingerprint density at radius 3 is 2.32 bits per heavy atom. The maximum atomic E-state index is 13.9. The number of ether oxygens (including phenoxy) is 1. The summed E-state index contributed by atoms with van der Waals surface area (Å²) in [5.41, 5.74) is 1.79. The van der Waals surface area contributed by atoms with Gasteiger partial charge in [-0.05, 0) is 29.2 Å². The Balaban J connectivity index is 1.48. The lowest BCUT2D eigenvalue weighted by atomic mass is 9.86. The first-order valence-electron chi connectivity index (χ1n) is 9.97. The second kappa shape index (κ2) is 8.93. The molecule has 0 aromatic heterocycles. The number of benzene rings is 2. The lowest BCUT2D eigenvalue weighted by Gasteiger charge is -2.37. The number of β-amino-alcohol motifs (C(OH)–C–C–N with tert-alkyl or cyclic N) is 1. The first kappa shape index (κ1) is 20.6. The standard InChI is InChI=1S/C23H31FN2O2/c1-23(2,3)19-8-4-7-11-22(19)28-17-18(27)16-25-12-14-26(15-13-25)21-10-6-5-9-20(21)24/h4-11,18,27H,12-17H2,1-3H3/t18-/m0/s1. The van der Waals surface area contributed by atoms with Crippen molar-refractivity contribution in [2.75, 3.05) is 44.2 Å². The molecule has 152 valence electrons. The number of halogens is 1. The number of para-hydroxylation sites is 2. The molecule has 1 saturated heterocycles. The molecule has 0 aliphatic carbocycles. The van der Waals surface area contributed by atoms with Crippen molar-refractivity contribution in [2.45, 2.75) is 32.3 Å². The largest absolute Gasteiger partial charge is 0.491 e. The molecule has 2 aromatic rings. The number of hydrogen-bond acceptors (Lipinski definition) is 4. The minimum absolute atomic E-state index is 0.00934. The summed E-state index contributed by atoms with van der Waals surface area (Å²) < 4.78 is 19.9. The van der Waals surface area contributed by atoms with Crippen LogP contribution in [0.2, 0.25) is 0 Å². The number of aliphatic hydroxyl groups is 1. The molecular formula is C23H31FN2O2. The van der Waals surface area contributed by atoms with E-state index in [1.54, 1.807) is 6.07 Å². The fraction of sp³-hybridized carbons (Fsp3) is 0.478. The summed E-state index contributed by atoms with van der Waals surface area (Å²) >= 11 is 0. The van der Waals surface area contributed by atoms with E-state index in [0.717, 1.165) is 37.5 Å². The molecule has 2 aromatic carbocycles. The van der Waals surface area contributed by atoms with Gasteiger partial charge in [0.15, 0.2) is 0 Å². The number of nitrogens with zero attached hydrogens (tertiary/aromatic N) is 2. The molecule has 1 heterocycles. The van der Waals surface area contributed by atoms with Gasteiger partial charge in [-0.2, -0.15) is 0 Å². The van der Waals surface area contributed by atoms with Crippen molar-refractivity contribution in [3.63, 3.8) is 0 Å². The van der Waals surface area contributed by atoms with Gasteiger partial charge in [0, 0.05) is 32.7 Å². The number of hydrogen-bond donors (Lipinski definition) is 1. The molecule has 1 aliphatic rings. The van der Waals surface area contributed by atoms with Crippen LogP contribution in [0, 0.1) is 5.82 Å².